The Morgan fingerprint density at radius 1 is 0.882 bits per heavy atom. The standard InChI is InChI=1S/C27H29N5O2/c33-26(19-8-10-20(11-9-19)28-14-17-32-15-4-5-16-32)31-24-13-12-23(22-18-29-27(34)25(22)24)30-21-6-2-1-3-7-21/h1-3,6-13,28,30H,4-5,14-18H2,(H,29,34)(H,31,33). The lowest BCUT2D eigenvalue weighted by Crippen LogP contribution is -2.25. The van der Waals surface area contributed by atoms with Gasteiger partial charge in [0.1, 0.15) is 0 Å². The monoisotopic (exact) mass is 455 g/mol. The Balaban J connectivity index is 1.25. The van der Waals surface area contributed by atoms with Crippen molar-refractivity contribution in [1.29, 1.82) is 0 Å². The zero-order chi connectivity index (χ0) is 23.3. The molecule has 0 spiro atoms. The highest BCUT2D eigenvalue weighted by Crippen LogP contribution is 2.33. The molecule has 7 nitrogen and oxygen atoms in total. The highest BCUT2D eigenvalue weighted by atomic mass is 16.2. The van der Waals surface area contributed by atoms with Gasteiger partial charge in [0.05, 0.1) is 11.3 Å². The Bertz CT molecular complexity index is 1170. The van der Waals surface area contributed by atoms with Crippen molar-refractivity contribution in [2.24, 2.45) is 0 Å². The number of anilines is 4. The summed E-state index contributed by atoms with van der Waals surface area (Å²) in [4.78, 5) is 27.9. The molecule has 0 bridgehead atoms. The zero-order valence-corrected chi connectivity index (χ0v) is 19.1. The minimum Gasteiger partial charge on any atom is -0.384 e. The summed E-state index contributed by atoms with van der Waals surface area (Å²) in [6, 6.07) is 20.9. The number of carbonyl (C=O) groups excluding carboxylic acids is 2. The molecule has 0 unspecified atom stereocenters. The molecule has 5 rings (SSSR count). The molecule has 0 atom stereocenters. The molecule has 4 N–H and O–H groups in total. The van der Waals surface area contributed by atoms with Crippen LogP contribution in [0.5, 0.6) is 0 Å². The van der Waals surface area contributed by atoms with E-state index in [2.05, 4.69) is 26.2 Å². The minimum atomic E-state index is -0.241. The number of benzene rings is 3. The van der Waals surface area contributed by atoms with E-state index in [1.165, 1.54) is 25.9 Å². The van der Waals surface area contributed by atoms with Gasteiger partial charge in [-0.1, -0.05) is 18.2 Å². The molecule has 2 amide bonds. The first-order valence-corrected chi connectivity index (χ1v) is 11.8. The van der Waals surface area contributed by atoms with E-state index in [-0.39, 0.29) is 11.8 Å². The van der Waals surface area contributed by atoms with E-state index < -0.39 is 0 Å². The molecule has 1 saturated heterocycles. The van der Waals surface area contributed by atoms with Crippen molar-refractivity contribution in [2.45, 2.75) is 19.4 Å². The number of hydrogen-bond donors (Lipinski definition) is 4. The van der Waals surface area contributed by atoms with Gasteiger partial charge in [0.25, 0.3) is 11.8 Å². The first-order valence-electron chi connectivity index (χ1n) is 11.8. The number of nitrogens with zero attached hydrogens (tertiary/aromatic N) is 1. The van der Waals surface area contributed by atoms with E-state index >= 15 is 0 Å². The van der Waals surface area contributed by atoms with Crippen LogP contribution in [0.25, 0.3) is 0 Å². The van der Waals surface area contributed by atoms with Gasteiger partial charge in [-0.25, -0.2) is 0 Å². The molecule has 0 saturated carbocycles. The molecule has 2 aliphatic rings. The third-order valence-electron chi connectivity index (χ3n) is 6.37. The van der Waals surface area contributed by atoms with Crippen LogP contribution in [-0.2, 0) is 6.54 Å². The van der Waals surface area contributed by atoms with E-state index in [1.54, 1.807) is 18.2 Å². The second kappa shape index (κ2) is 9.97. The average Bonchev–Trinajstić information content (AvgIpc) is 3.52. The van der Waals surface area contributed by atoms with Crippen LogP contribution in [0.2, 0.25) is 0 Å². The topological polar surface area (TPSA) is 85.5 Å². The molecule has 1 fully saturated rings. The van der Waals surface area contributed by atoms with Crippen LogP contribution < -0.4 is 21.3 Å². The second-order valence-electron chi connectivity index (χ2n) is 8.69. The fourth-order valence-electron chi connectivity index (χ4n) is 4.54. The number of rotatable bonds is 8. The lowest BCUT2D eigenvalue weighted by Gasteiger charge is -2.16. The van der Waals surface area contributed by atoms with Gasteiger partial charge in [-0.2, -0.15) is 0 Å². The van der Waals surface area contributed by atoms with Crippen LogP contribution in [0.3, 0.4) is 0 Å². The van der Waals surface area contributed by atoms with Gasteiger partial charge in [-0.3, -0.25) is 9.59 Å². The summed E-state index contributed by atoms with van der Waals surface area (Å²) >= 11 is 0. The number of hydrogen-bond acceptors (Lipinski definition) is 5. The molecule has 0 radical (unpaired) electrons. The van der Waals surface area contributed by atoms with Crippen molar-refractivity contribution >= 4 is 34.6 Å². The van der Waals surface area contributed by atoms with Crippen LogP contribution in [0.4, 0.5) is 22.7 Å². The normalized spacial score (nSPS) is 15.0. The number of para-hydroxylation sites is 1. The first kappa shape index (κ1) is 22.0. The summed E-state index contributed by atoms with van der Waals surface area (Å²) in [5.74, 6) is -0.422. The molecule has 3 aromatic carbocycles. The fourth-order valence-corrected chi connectivity index (χ4v) is 4.54. The van der Waals surface area contributed by atoms with Gasteiger partial charge < -0.3 is 26.2 Å². The SMILES string of the molecule is O=C(Nc1ccc(Nc2ccccc2)c2c1C(=O)NC2)c1ccc(NCCN2CCCC2)cc1. The molecule has 34 heavy (non-hydrogen) atoms. The number of fused-ring (bicyclic) bond motifs is 1. The number of likely N-dealkylation sites (tertiary alicyclic amines) is 1. The van der Waals surface area contributed by atoms with Crippen molar-refractivity contribution in [3.05, 3.63) is 83.4 Å². The highest BCUT2D eigenvalue weighted by molar-refractivity contribution is 6.11. The quantitative estimate of drug-likeness (QED) is 0.404. The first-order chi connectivity index (χ1) is 16.7. The van der Waals surface area contributed by atoms with Crippen molar-refractivity contribution in [2.75, 3.05) is 42.1 Å². The van der Waals surface area contributed by atoms with Crippen LogP contribution in [-0.4, -0.2) is 42.9 Å². The van der Waals surface area contributed by atoms with Crippen molar-refractivity contribution in [3.63, 3.8) is 0 Å². The van der Waals surface area contributed by atoms with Gasteiger partial charge in [-0.15, -0.1) is 0 Å². The maximum absolute atomic E-state index is 12.9. The van der Waals surface area contributed by atoms with E-state index in [4.69, 9.17) is 0 Å². The summed E-state index contributed by atoms with van der Waals surface area (Å²) in [7, 11) is 0. The molecule has 2 heterocycles. The molecular weight excluding hydrogens is 426 g/mol. The zero-order valence-electron chi connectivity index (χ0n) is 19.1. The van der Waals surface area contributed by atoms with Gasteiger partial charge >= 0.3 is 0 Å². The third kappa shape index (κ3) is 4.89. The summed E-state index contributed by atoms with van der Waals surface area (Å²) in [5.41, 5.74) is 5.20. The van der Waals surface area contributed by atoms with Crippen molar-refractivity contribution in [3.8, 4) is 0 Å². The molecule has 7 heteroatoms. The van der Waals surface area contributed by atoms with Crippen molar-refractivity contribution < 1.29 is 9.59 Å². The van der Waals surface area contributed by atoms with E-state index in [9.17, 15) is 9.59 Å². The van der Waals surface area contributed by atoms with E-state index in [0.29, 0.717) is 23.4 Å². The molecule has 2 aliphatic heterocycles. The van der Waals surface area contributed by atoms with Crippen LogP contribution in [0.15, 0.2) is 66.7 Å². The summed E-state index contributed by atoms with van der Waals surface area (Å²) < 4.78 is 0. The predicted octanol–water partition coefficient (Wildman–Crippen LogP) is 4.43. The van der Waals surface area contributed by atoms with Crippen LogP contribution in [0, 0.1) is 0 Å². The van der Waals surface area contributed by atoms with Gasteiger partial charge in [0.15, 0.2) is 0 Å². The average molecular weight is 456 g/mol. The Morgan fingerprint density at radius 2 is 1.62 bits per heavy atom. The highest BCUT2D eigenvalue weighted by Gasteiger charge is 2.26. The Labute approximate surface area is 199 Å². The molecule has 0 aromatic heterocycles. The van der Waals surface area contributed by atoms with E-state index in [1.807, 2.05) is 48.5 Å². The van der Waals surface area contributed by atoms with Gasteiger partial charge in [0.2, 0.25) is 0 Å². The second-order valence-corrected chi connectivity index (χ2v) is 8.69. The lowest BCUT2D eigenvalue weighted by atomic mass is 10.0. The van der Waals surface area contributed by atoms with E-state index in [0.717, 1.165) is 35.7 Å². The van der Waals surface area contributed by atoms with Gasteiger partial charge in [0, 0.05) is 47.8 Å². The van der Waals surface area contributed by atoms with Crippen LogP contribution >= 0.6 is 0 Å². The molecule has 0 aliphatic carbocycles. The lowest BCUT2D eigenvalue weighted by molar-refractivity contribution is 0.0966. The van der Waals surface area contributed by atoms with Crippen LogP contribution in [0.1, 0.15) is 39.1 Å². The predicted molar refractivity (Wildman–Crippen MR) is 136 cm³/mol. The third-order valence-corrected chi connectivity index (χ3v) is 6.37. The summed E-state index contributed by atoms with van der Waals surface area (Å²) in [6.07, 6.45) is 2.59. The smallest absolute Gasteiger partial charge is 0.255 e. The number of nitrogens with one attached hydrogen (secondary N) is 4. The Hall–Kier alpha value is -3.84. The van der Waals surface area contributed by atoms with Gasteiger partial charge in [-0.05, 0) is 74.5 Å². The summed E-state index contributed by atoms with van der Waals surface area (Å²) in [6.45, 7) is 4.71. The molecule has 3 aromatic rings. The minimum absolute atomic E-state index is 0.181. The summed E-state index contributed by atoms with van der Waals surface area (Å²) in [5, 5.41) is 12.6. The number of carbonyl (C=O) groups is 2. The fraction of sp³-hybridized carbons (Fsp3) is 0.259. The maximum Gasteiger partial charge on any atom is 0.255 e. The Kier molecular flexibility index (Phi) is 6.44. The molecule has 174 valence electrons. The van der Waals surface area contributed by atoms with Crippen molar-refractivity contribution in [1.82, 2.24) is 10.2 Å². The number of amides is 2. The molecular formula is C27H29N5O2. The largest absolute Gasteiger partial charge is 0.384 e. The Morgan fingerprint density at radius 3 is 2.38 bits per heavy atom. The maximum atomic E-state index is 12.9.